The van der Waals surface area contributed by atoms with Crippen molar-refractivity contribution >= 4 is 35.0 Å². The van der Waals surface area contributed by atoms with Crippen LogP contribution >= 0.6 is 11.6 Å². The predicted octanol–water partition coefficient (Wildman–Crippen LogP) is 4.00. The van der Waals surface area contributed by atoms with Gasteiger partial charge in [0.1, 0.15) is 11.6 Å². The third-order valence-corrected chi connectivity index (χ3v) is 9.95. The number of carbonyl (C=O) groups is 3. The summed E-state index contributed by atoms with van der Waals surface area (Å²) in [5.74, 6) is -1.29. The van der Waals surface area contributed by atoms with Crippen LogP contribution in [0, 0.1) is 17.8 Å². The van der Waals surface area contributed by atoms with Gasteiger partial charge in [-0.1, -0.05) is 56.0 Å². The number of rotatable bonds is 8. The summed E-state index contributed by atoms with van der Waals surface area (Å²) in [6.45, 7) is 5.81. The zero-order chi connectivity index (χ0) is 27.9. The standard InChI is InChI=1S/C31H41ClN4O4/c1-20-12-17-35(18-13-20)15-6-16-36-27(29(38)33-22-8-3-2-4-9-22)31-14-11-24(40-31)25(26(31)30(36)39)28(37)34-23-10-5-7-21(32)19-23/h5,7,10-11,14,19-20,22,24-27H,2-4,6,8-9,12-13,15-18H2,1H3,(H,33,38)(H,34,37)/t24-,25?,26-,27?,31?/m0/s1. The second kappa shape index (κ2) is 11.5. The maximum atomic E-state index is 14.1. The predicted molar refractivity (Wildman–Crippen MR) is 154 cm³/mol. The number of ether oxygens (including phenoxy) is 1. The molecule has 40 heavy (non-hydrogen) atoms. The van der Waals surface area contributed by atoms with Crippen molar-refractivity contribution in [3.63, 3.8) is 0 Å². The molecule has 1 aromatic carbocycles. The van der Waals surface area contributed by atoms with Crippen LogP contribution in [0.2, 0.25) is 5.02 Å². The molecule has 0 aromatic heterocycles. The van der Waals surface area contributed by atoms with Crippen LogP contribution in [0.5, 0.6) is 0 Å². The van der Waals surface area contributed by atoms with E-state index < -0.39 is 29.6 Å². The van der Waals surface area contributed by atoms with Crippen LogP contribution < -0.4 is 10.6 Å². The van der Waals surface area contributed by atoms with E-state index >= 15 is 0 Å². The van der Waals surface area contributed by atoms with Crippen LogP contribution in [0.3, 0.4) is 0 Å². The Hall–Kier alpha value is -2.42. The molecule has 0 radical (unpaired) electrons. The minimum atomic E-state index is -1.13. The fourth-order valence-corrected chi connectivity index (χ4v) is 7.77. The number of halogens is 1. The van der Waals surface area contributed by atoms with Gasteiger partial charge in [0.25, 0.3) is 0 Å². The lowest BCUT2D eigenvalue weighted by atomic mass is 9.74. The Balaban J connectivity index is 1.22. The van der Waals surface area contributed by atoms with Crippen molar-refractivity contribution in [2.45, 2.75) is 82.1 Å². The molecule has 2 N–H and O–H groups in total. The lowest BCUT2D eigenvalue weighted by molar-refractivity contribution is -0.141. The van der Waals surface area contributed by atoms with Crippen molar-refractivity contribution in [3.8, 4) is 0 Å². The fourth-order valence-electron chi connectivity index (χ4n) is 7.58. The zero-order valence-corrected chi connectivity index (χ0v) is 24.1. The van der Waals surface area contributed by atoms with Gasteiger partial charge in [-0.15, -0.1) is 0 Å². The van der Waals surface area contributed by atoms with Gasteiger partial charge >= 0.3 is 0 Å². The zero-order valence-electron chi connectivity index (χ0n) is 23.3. The van der Waals surface area contributed by atoms with Crippen LogP contribution in [0.15, 0.2) is 36.4 Å². The molecule has 5 atom stereocenters. The molecule has 1 aromatic rings. The molecular formula is C31H41ClN4O4. The first-order chi connectivity index (χ1) is 19.4. The van der Waals surface area contributed by atoms with Gasteiger partial charge in [0.05, 0.1) is 17.9 Å². The van der Waals surface area contributed by atoms with E-state index in [0.29, 0.717) is 17.3 Å². The summed E-state index contributed by atoms with van der Waals surface area (Å²) in [6.07, 6.45) is 11.7. The van der Waals surface area contributed by atoms with Crippen molar-refractivity contribution in [1.82, 2.24) is 15.1 Å². The Morgan fingerprint density at radius 1 is 1.07 bits per heavy atom. The van der Waals surface area contributed by atoms with Gasteiger partial charge in [-0.05, 0) is 75.9 Å². The number of amides is 3. The van der Waals surface area contributed by atoms with E-state index in [4.69, 9.17) is 16.3 Å². The highest BCUT2D eigenvalue weighted by Crippen LogP contribution is 2.55. The smallest absolute Gasteiger partial charge is 0.246 e. The number of anilines is 1. The maximum Gasteiger partial charge on any atom is 0.246 e. The molecule has 2 bridgehead atoms. The van der Waals surface area contributed by atoms with E-state index in [2.05, 4.69) is 22.5 Å². The highest BCUT2D eigenvalue weighted by Gasteiger charge is 2.72. The normalized spacial score (nSPS) is 32.5. The van der Waals surface area contributed by atoms with E-state index in [9.17, 15) is 14.4 Å². The molecule has 1 aliphatic carbocycles. The summed E-state index contributed by atoms with van der Waals surface area (Å²) < 4.78 is 6.48. The molecule has 3 amide bonds. The van der Waals surface area contributed by atoms with E-state index in [0.717, 1.165) is 57.7 Å². The molecule has 4 heterocycles. The quantitative estimate of drug-likeness (QED) is 0.463. The highest BCUT2D eigenvalue weighted by molar-refractivity contribution is 6.30. The SMILES string of the molecule is CC1CCN(CCCN2C(=O)[C@@H]3C(C(=O)Nc4cccc(Cl)c4)[C@@H]4C=CC3(O4)C2C(=O)NC2CCCCC2)CC1. The Bertz CT molecular complexity index is 1160. The summed E-state index contributed by atoms with van der Waals surface area (Å²) in [5.41, 5.74) is -0.555. The largest absolute Gasteiger partial charge is 0.359 e. The van der Waals surface area contributed by atoms with Crippen molar-refractivity contribution in [3.05, 3.63) is 41.4 Å². The molecule has 9 heteroatoms. The Morgan fingerprint density at radius 3 is 2.60 bits per heavy atom. The van der Waals surface area contributed by atoms with Gasteiger partial charge in [0.2, 0.25) is 17.7 Å². The van der Waals surface area contributed by atoms with Crippen molar-refractivity contribution < 1.29 is 19.1 Å². The summed E-state index contributed by atoms with van der Waals surface area (Å²) >= 11 is 6.13. The molecule has 3 saturated heterocycles. The lowest BCUT2D eigenvalue weighted by Gasteiger charge is -2.35. The van der Waals surface area contributed by atoms with Gasteiger partial charge in [0.15, 0.2) is 0 Å². The Kier molecular flexibility index (Phi) is 7.94. The highest BCUT2D eigenvalue weighted by atomic mass is 35.5. The molecule has 8 nitrogen and oxygen atoms in total. The number of nitrogens with one attached hydrogen (secondary N) is 2. The number of fused-ring (bicyclic) bond motifs is 1. The molecule has 4 aliphatic heterocycles. The Morgan fingerprint density at radius 2 is 1.85 bits per heavy atom. The van der Waals surface area contributed by atoms with E-state index in [1.165, 1.54) is 19.3 Å². The van der Waals surface area contributed by atoms with Gasteiger partial charge in [-0.25, -0.2) is 0 Å². The number of carbonyl (C=O) groups excluding carboxylic acids is 3. The molecule has 1 saturated carbocycles. The molecule has 3 unspecified atom stereocenters. The van der Waals surface area contributed by atoms with Crippen LogP contribution in [0.4, 0.5) is 5.69 Å². The Labute approximate surface area is 241 Å². The van der Waals surface area contributed by atoms with E-state index in [1.54, 1.807) is 29.2 Å². The number of likely N-dealkylation sites (tertiary alicyclic amines) is 2. The average Bonchev–Trinajstić information content (AvgIpc) is 3.58. The first kappa shape index (κ1) is 27.7. The first-order valence-electron chi connectivity index (χ1n) is 15.1. The summed E-state index contributed by atoms with van der Waals surface area (Å²) in [4.78, 5) is 45.9. The minimum absolute atomic E-state index is 0.119. The lowest BCUT2D eigenvalue weighted by Crippen LogP contribution is -2.56. The first-order valence-corrected chi connectivity index (χ1v) is 15.5. The number of hydrogen-bond acceptors (Lipinski definition) is 5. The van der Waals surface area contributed by atoms with Crippen LogP contribution in [-0.2, 0) is 19.1 Å². The average molecular weight is 569 g/mol. The summed E-state index contributed by atoms with van der Waals surface area (Å²) in [5, 5.41) is 6.72. The summed E-state index contributed by atoms with van der Waals surface area (Å²) in [7, 11) is 0. The number of nitrogens with zero attached hydrogens (tertiary/aromatic N) is 2. The molecule has 216 valence electrons. The van der Waals surface area contributed by atoms with E-state index in [-0.39, 0.29) is 23.8 Å². The molecule has 6 rings (SSSR count). The molecular weight excluding hydrogens is 528 g/mol. The maximum absolute atomic E-state index is 14.1. The fraction of sp³-hybridized carbons (Fsp3) is 0.645. The van der Waals surface area contributed by atoms with Gasteiger partial charge in [0, 0.05) is 23.3 Å². The second-order valence-corrected chi connectivity index (χ2v) is 12.9. The minimum Gasteiger partial charge on any atom is -0.359 e. The monoisotopic (exact) mass is 568 g/mol. The number of hydrogen-bond donors (Lipinski definition) is 2. The van der Waals surface area contributed by atoms with Crippen LogP contribution in [-0.4, -0.2) is 77.5 Å². The topological polar surface area (TPSA) is 91.0 Å². The molecule has 1 spiro atoms. The van der Waals surface area contributed by atoms with Crippen molar-refractivity contribution in [2.75, 3.05) is 31.5 Å². The third kappa shape index (κ3) is 5.19. The van der Waals surface area contributed by atoms with Crippen molar-refractivity contribution in [2.24, 2.45) is 17.8 Å². The number of piperidine rings is 1. The van der Waals surface area contributed by atoms with Crippen molar-refractivity contribution in [1.29, 1.82) is 0 Å². The summed E-state index contributed by atoms with van der Waals surface area (Å²) in [6, 6.07) is 6.31. The second-order valence-electron chi connectivity index (χ2n) is 12.5. The van der Waals surface area contributed by atoms with E-state index in [1.807, 2.05) is 12.2 Å². The molecule has 5 aliphatic rings. The van der Waals surface area contributed by atoms with Gasteiger partial charge in [-0.3, -0.25) is 14.4 Å². The van der Waals surface area contributed by atoms with Crippen LogP contribution in [0.25, 0.3) is 0 Å². The van der Waals surface area contributed by atoms with Gasteiger partial charge in [-0.2, -0.15) is 0 Å². The molecule has 4 fully saturated rings. The van der Waals surface area contributed by atoms with Crippen LogP contribution in [0.1, 0.15) is 58.3 Å². The third-order valence-electron chi connectivity index (χ3n) is 9.72. The van der Waals surface area contributed by atoms with Gasteiger partial charge < -0.3 is 25.2 Å². The number of benzene rings is 1.